The van der Waals surface area contributed by atoms with Gasteiger partial charge in [-0.1, -0.05) is 6.07 Å². The average Bonchev–Trinajstić information content (AvgIpc) is 2.37. The van der Waals surface area contributed by atoms with Gasteiger partial charge in [0.05, 0.1) is 4.90 Å². The summed E-state index contributed by atoms with van der Waals surface area (Å²) in [5, 5.41) is 5.13. The van der Waals surface area contributed by atoms with Crippen molar-refractivity contribution in [1.29, 1.82) is 0 Å². The molecule has 0 bridgehead atoms. The molecule has 1 aromatic carbocycles. The minimum absolute atomic E-state index is 0.0175. The fourth-order valence-corrected chi connectivity index (χ4v) is 3.10. The van der Waals surface area contributed by atoms with Crippen LogP contribution in [-0.4, -0.2) is 31.8 Å². The van der Waals surface area contributed by atoms with E-state index >= 15 is 0 Å². The van der Waals surface area contributed by atoms with Crippen LogP contribution in [0.4, 0.5) is 0 Å². The zero-order chi connectivity index (χ0) is 14.9. The summed E-state index contributed by atoms with van der Waals surface area (Å²) >= 11 is 0. The molecule has 1 fully saturated rings. The van der Waals surface area contributed by atoms with Crippen molar-refractivity contribution >= 4 is 15.9 Å². The molecule has 1 aromatic rings. The first-order valence-electron chi connectivity index (χ1n) is 6.75. The van der Waals surface area contributed by atoms with Gasteiger partial charge in [0.15, 0.2) is 0 Å². The number of carbonyl (C=O) groups excluding carboxylic acids is 1. The number of sulfonamides is 1. The molecule has 5 nitrogen and oxygen atoms in total. The smallest absolute Gasteiger partial charge is 0.254 e. The molecule has 0 saturated carbocycles. The molecular weight excluding hydrogens is 276 g/mol. The second-order valence-electron chi connectivity index (χ2n) is 5.37. The minimum Gasteiger partial charge on any atom is -0.336 e. The fraction of sp³-hybridized carbons (Fsp3) is 0.500. The molecule has 0 spiro atoms. The Morgan fingerprint density at radius 3 is 2.65 bits per heavy atom. The molecule has 0 radical (unpaired) electrons. The Bertz CT molecular complexity index is 625. The van der Waals surface area contributed by atoms with Crippen molar-refractivity contribution in [3.05, 3.63) is 29.3 Å². The van der Waals surface area contributed by atoms with Crippen LogP contribution in [0.5, 0.6) is 0 Å². The number of hydrogen-bond donors (Lipinski definition) is 1. The second-order valence-corrected chi connectivity index (χ2v) is 6.93. The van der Waals surface area contributed by atoms with Gasteiger partial charge in [0, 0.05) is 18.2 Å². The maximum atomic E-state index is 12.6. The van der Waals surface area contributed by atoms with Crippen molar-refractivity contribution in [3.63, 3.8) is 0 Å². The minimum atomic E-state index is -3.79. The molecule has 20 heavy (non-hydrogen) atoms. The summed E-state index contributed by atoms with van der Waals surface area (Å²) in [6, 6.07) is 4.63. The molecule has 0 aromatic heterocycles. The lowest BCUT2D eigenvalue weighted by Crippen LogP contribution is -2.42. The van der Waals surface area contributed by atoms with E-state index in [1.165, 1.54) is 12.1 Å². The molecular formula is C14H20N2O3S. The summed E-state index contributed by atoms with van der Waals surface area (Å²) < 4.78 is 22.8. The third kappa shape index (κ3) is 3.02. The number of primary sulfonamides is 1. The summed E-state index contributed by atoms with van der Waals surface area (Å²) in [6.45, 7) is 4.55. The van der Waals surface area contributed by atoms with E-state index in [1.54, 1.807) is 13.0 Å². The standard InChI is InChI=1S/C14H20N2O3S/c1-10-6-7-12(20(15,18)19)9-13(10)14(17)16-8-4-3-5-11(16)2/h6-7,9,11H,3-5,8H2,1-2H3,(H2,15,18,19)/t11-/m1/s1. The molecule has 1 amide bonds. The van der Waals surface area contributed by atoms with E-state index in [-0.39, 0.29) is 16.8 Å². The van der Waals surface area contributed by atoms with E-state index in [0.717, 1.165) is 31.4 Å². The number of likely N-dealkylation sites (tertiary alicyclic amines) is 1. The molecule has 0 aliphatic carbocycles. The lowest BCUT2D eigenvalue weighted by atomic mass is 10.0. The monoisotopic (exact) mass is 296 g/mol. The number of piperidine rings is 1. The number of hydrogen-bond acceptors (Lipinski definition) is 3. The van der Waals surface area contributed by atoms with Gasteiger partial charge in [-0.3, -0.25) is 4.79 Å². The zero-order valence-electron chi connectivity index (χ0n) is 11.8. The lowest BCUT2D eigenvalue weighted by Gasteiger charge is -2.33. The topological polar surface area (TPSA) is 80.5 Å². The van der Waals surface area contributed by atoms with Crippen molar-refractivity contribution in [2.24, 2.45) is 5.14 Å². The van der Waals surface area contributed by atoms with Crippen molar-refractivity contribution in [2.45, 2.75) is 44.0 Å². The van der Waals surface area contributed by atoms with Crippen LogP contribution in [0.1, 0.15) is 42.1 Å². The van der Waals surface area contributed by atoms with Gasteiger partial charge in [0.25, 0.3) is 5.91 Å². The van der Waals surface area contributed by atoms with Crippen molar-refractivity contribution in [1.82, 2.24) is 4.90 Å². The number of nitrogens with two attached hydrogens (primary N) is 1. The van der Waals surface area contributed by atoms with Crippen molar-refractivity contribution in [3.8, 4) is 0 Å². The zero-order valence-corrected chi connectivity index (χ0v) is 12.6. The molecule has 1 aliphatic rings. The largest absolute Gasteiger partial charge is 0.336 e. The van der Waals surface area contributed by atoms with Gasteiger partial charge in [-0.25, -0.2) is 13.6 Å². The van der Waals surface area contributed by atoms with Gasteiger partial charge in [-0.2, -0.15) is 0 Å². The summed E-state index contributed by atoms with van der Waals surface area (Å²) in [5.41, 5.74) is 1.19. The Kier molecular flexibility index (Phi) is 4.15. The average molecular weight is 296 g/mol. The summed E-state index contributed by atoms with van der Waals surface area (Å²) in [5.74, 6) is -0.111. The Labute approximate surface area is 119 Å². The van der Waals surface area contributed by atoms with Gasteiger partial charge < -0.3 is 4.90 Å². The van der Waals surface area contributed by atoms with E-state index in [0.29, 0.717) is 5.56 Å². The van der Waals surface area contributed by atoms with Crippen LogP contribution in [0.3, 0.4) is 0 Å². The first kappa shape index (κ1) is 15.0. The van der Waals surface area contributed by atoms with E-state index in [1.807, 2.05) is 11.8 Å². The predicted molar refractivity (Wildman–Crippen MR) is 76.9 cm³/mol. The van der Waals surface area contributed by atoms with Crippen LogP contribution in [0, 0.1) is 6.92 Å². The molecule has 1 aliphatic heterocycles. The van der Waals surface area contributed by atoms with E-state index < -0.39 is 10.0 Å². The first-order valence-corrected chi connectivity index (χ1v) is 8.30. The van der Waals surface area contributed by atoms with Crippen LogP contribution in [0.2, 0.25) is 0 Å². The van der Waals surface area contributed by atoms with Crippen LogP contribution in [-0.2, 0) is 10.0 Å². The Morgan fingerprint density at radius 1 is 1.35 bits per heavy atom. The van der Waals surface area contributed by atoms with Crippen molar-refractivity contribution in [2.75, 3.05) is 6.54 Å². The Morgan fingerprint density at radius 2 is 2.05 bits per heavy atom. The molecule has 2 rings (SSSR count). The van der Waals surface area contributed by atoms with Crippen LogP contribution in [0.25, 0.3) is 0 Å². The normalized spacial score (nSPS) is 19.9. The molecule has 110 valence electrons. The number of rotatable bonds is 2. The highest BCUT2D eigenvalue weighted by atomic mass is 32.2. The maximum Gasteiger partial charge on any atom is 0.254 e. The number of amides is 1. The van der Waals surface area contributed by atoms with E-state index in [4.69, 9.17) is 5.14 Å². The summed E-state index contributed by atoms with van der Waals surface area (Å²) in [4.78, 5) is 14.4. The third-order valence-electron chi connectivity index (χ3n) is 3.83. The highest BCUT2D eigenvalue weighted by molar-refractivity contribution is 7.89. The molecule has 1 heterocycles. The highest BCUT2D eigenvalue weighted by Gasteiger charge is 2.26. The molecule has 2 N–H and O–H groups in total. The van der Waals surface area contributed by atoms with Crippen molar-refractivity contribution < 1.29 is 13.2 Å². The first-order chi connectivity index (χ1) is 9.30. The molecule has 0 unspecified atom stereocenters. The van der Waals surface area contributed by atoms with Crippen LogP contribution < -0.4 is 5.14 Å². The SMILES string of the molecule is Cc1ccc(S(N)(=O)=O)cc1C(=O)N1CCCC[C@H]1C. The summed E-state index contributed by atoms with van der Waals surface area (Å²) in [7, 11) is -3.79. The van der Waals surface area contributed by atoms with Gasteiger partial charge in [-0.05, 0) is 50.8 Å². The quantitative estimate of drug-likeness (QED) is 0.901. The van der Waals surface area contributed by atoms with Crippen LogP contribution in [0.15, 0.2) is 23.1 Å². The maximum absolute atomic E-state index is 12.6. The molecule has 1 atom stereocenters. The van der Waals surface area contributed by atoms with E-state index in [9.17, 15) is 13.2 Å². The van der Waals surface area contributed by atoms with Gasteiger partial charge in [0.1, 0.15) is 0 Å². The van der Waals surface area contributed by atoms with Crippen LogP contribution >= 0.6 is 0 Å². The predicted octanol–water partition coefficient (Wildman–Crippen LogP) is 1.66. The van der Waals surface area contributed by atoms with Gasteiger partial charge in [-0.15, -0.1) is 0 Å². The molecule has 6 heteroatoms. The Hall–Kier alpha value is -1.40. The highest BCUT2D eigenvalue weighted by Crippen LogP contribution is 2.22. The lowest BCUT2D eigenvalue weighted by molar-refractivity contribution is 0.0634. The number of carbonyl (C=O) groups is 1. The number of nitrogens with zero attached hydrogens (tertiary/aromatic N) is 1. The summed E-state index contributed by atoms with van der Waals surface area (Å²) in [6.07, 6.45) is 3.10. The van der Waals surface area contributed by atoms with E-state index in [2.05, 4.69) is 0 Å². The number of aryl methyl sites for hydroxylation is 1. The molecule has 1 saturated heterocycles. The second kappa shape index (κ2) is 5.54. The number of benzene rings is 1. The third-order valence-corrected chi connectivity index (χ3v) is 4.74. The Balaban J connectivity index is 2.38. The fourth-order valence-electron chi connectivity index (χ4n) is 2.56. The van der Waals surface area contributed by atoms with Gasteiger partial charge in [0.2, 0.25) is 10.0 Å². The van der Waals surface area contributed by atoms with Gasteiger partial charge >= 0.3 is 0 Å².